The molecule has 0 spiro atoms. The number of ether oxygens (including phenoxy) is 1. The molecule has 1 fully saturated rings. The molecule has 136 valence electrons. The van der Waals surface area contributed by atoms with Crippen LogP contribution in [-0.2, 0) is 9.59 Å². The number of likely N-dealkylation sites (tertiary alicyclic amines) is 1. The first-order chi connectivity index (χ1) is 11.9. The van der Waals surface area contributed by atoms with E-state index in [4.69, 9.17) is 10.5 Å². The van der Waals surface area contributed by atoms with Crippen LogP contribution in [-0.4, -0.2) is 41.9 Å². The van der Waals surface area contributed by atoms with Crippen LogP contribution in [0.5, 0.6) is 5.75 Å². The topological polar surface area (TPSA) is 114 Å². The zero-order chi connectivity index (χ0) is 18.4. The molecule has 0 aliphatic carbocycles. The minimum Gasteiger partial charge on any atom is -0.481 e. The number of amides is 4. The van der Waals surface area contributed by atoms with Gasteiger partial charge in [-0.1, -0.05) is 22.0 Å². The molecule has 0 saturated carbocycles. The number of primary amides is 1. The lowest BCUT2D eigenvalue weighted by Crippen LogP contribution is -2.52. The van der Waals surface area contributed by atoms with Gasteiger partial charge in [-0.05, 0) is 38.0 Å². The number of hydrogen-bond donors (Lipinski definition) is 3. The van der Waals surface area contributed by atoms with E-state index in [2.05, 4.69) is 26.8 Å². The Balaban J connectivity index is 1.80. The second kappa shape index (κ2) is 8.70. The van der Waals surface area contributed by atoms with E-state index in [1.165, 1.54) is 4.90 Å². The summed E-state index contributed by atoms with van der Waals surface area (Å²) >= 11 is 3.32. The van der Waals surface area contributed by atoms with Crippen molar-refractivity contribution in [2.45, 2.75) is 25.9 Å². The van der Waals surface area contributed by atoms with Gasteiger partial charge in [-0.2, -0.15) is 0 Å². The molecule has 4 N–H and O–H groups in total. The lowest BCUT2D eigenvalue weighted by atomic mass is 9.98. The van der Waals surface area contributed by atoms with Crippen molar-refractivity contribution in [2.24, 2.45) is 11.7 Å². The van der Waals surface area contributed by atoms with Crippen molar-refractivity contribution in [1.82, 2.24) is 15.8 Å². The maximum absolute atomic E-state index is 12.1. The lowest BCUT2D eigenvalue weighted by molar-refractivity contribution is -0.134. The quantitative estimate of drug-likeness (QED) is 0.643. The largest absolute Gasteiger partial charge is 0.481 e. The third kappa shape index (κ3) is 5.63. The zero-order valence-electron chi connectivity index (χ0n) is 13.8. The predicted molar refractivity (Wildman–Crippen MR) is 94.4 cm³/mol. The molecule has 0 aromatic heterocycles. The van der Waals surface area contributed by atoms with Gasteiger partial charge >= 0.3 is 6.03 Å². The molecule has 25 heavy (non-hydrogen) atoms. The van der Waals surface area contributed by atoms with Gasteiger partial charge in [0, 0.05) is 17.6 Å². The fraction of sp³-hybridized carbons (Fsp3) is 0.438. The summed E-state index contributed by atoms with van der Waals surface area (Å²) in [5, 5.41) is 0. The summed E-state index contributed by atoms with van der Waals surface area (Å²) in [5.74, 6) is -0.694. The number of piperidine rings is 1. The Morgan fingerprint density at radius 2 is 2.12 bits per heavy atom. The van der Waals surface area contributed by atoms with Gasteiger partial charge in [0.1, 0.15) is 5.75 Å². The third-order valence-corrected chi connectivity index (χ3v) is 4.38. The zero-order valence-corrected chi connectivity index (χ0v) is 15.4. The van der Waals surface area contributed by atoms with Crippen LogP contribution in [0.4, 0.5) is 4.79 Å². The highest BCUT2D eigenvalue weighted by Gasteiger charge is 2.28. The van der Waals surface area contributed by atoms with Gasteiger partial charge in [0.15, 0.2) is 6.10 Å². The molecule has 0 bridgehead atoms. The van der Waals surface area contributed by atoms with Crippen LogP contribution in [0.15, 0.2) is 28.7 Å². The summed E-state index contributed by atoms with van der Waals surface area (Å²) in [6.45, 7) is 2.38. The third-order valence-electron chi connectivity index (χ3n) is 3.89. The summed E-state index contributed by atoms with van der Waals surface area (Å²) in [7, 11) is 0. The highest BCUT2D eigenvalue weighted by Crippen LogP contribution is 2.19. The van der Waals surface area contributed by atoms with Gasteiger partial charge in [0.2, 0.25) is 5.91 Å². The Kier molecular flexibility index (Phi) is 6.63. The van der Waals surface area contributed by atoms with Gasteiger partial charge in [0.25, 0.3) is 5.91 Å². The SMILES string of the molecule is C[C@H](Oc1cccc(Br)c1)C(=O)NNC(=O)[C@@H]1CCCN(C(N)=O)C1. The molecule has 1 aliphatic heterocycles. The molecule has 1 aromatic carbocycles. The summed E-state index contributed by atoms with van der Waals surface area (Å²) in [6, 6.07) is 6.56. The first kappa shape index (κ1) is 19.0. The van der Waals surface area contributed by atoms with E-state index >= 15 is 0 Å². The van der Waals surface area contributed by atoms with Crippen LogP contribution in [0, 0.1) is 5.92 Å². The van der Waals surface area contributed by atoms with Crippen LogP contribution in [0.3, 0.4) is 0 Å². The molecule has 1 aromatic rings. The molecule has 9 heteroatoms. The van der Waals surface area contributed by atoms with Crippen LogP contribution in [0.2, 0.25) is 0 Å². The second-order valence-electron chi connectivity index (χ2n) is 5.82. The van der Waals surface area contributed by atoms with Crippen molar-refractivity contribution >= 4 is 33.8 Å². The molecule has 4 amide bonds. The van der Waals surface area contributed by atoms with Crippen molar-refractivity contribution in [3.05, 3.63) is 28.7 Å². The Bertz CT molecular complexity index is 655. The summed E-state index contributed by atoms with van der Waals surface area (Å²) < 4.78 is 6.36. The first-order valence-electron chi connectivity index (χ1n) is 7.93. The van der Waals surface area contributed by atoms with Crippen LogP contribution in [0.25, 0.3) is 0 Å². The van der Waals surface area contributed by atoms with Crippen molar-refractivity contribution in [1.29, 1.82) is 0 Å². The molecule has 2 atom stereocenters. The van der Waals surface area contributed by atoms with Gasteiger partial charge in [-0.3, -0.25) is 20.4 Å². The van der Waals surface area contributed by atoms with Crippen molar-refractivity contribution in [3.63, 3.8) is 0 Å². The fourth-order valence-corrected chi connectivity index (χ4v) is 2.89. The maximum Gasteiger partial charge on any atom is 0.314 e. The van der Waals surface area contributed by atoms with Crippen molar-refractivity contribution in [3.8, 4) is 5.75 Å². The minimum absolute atomic E-state index is 0.251. The molecular formula is C16H21BrN4O4. The van der Waals surface area contributed by atoms with E-state index in [-0.39, 0.29) is 12.5 Å². The Labute approximate surface area is 154 Å². The standard InChI is InChI=1S/C16H21BrN4O4/c1-10(25-13-6-2-5-12(17)8-13)14(22)19-20-15(23)11-4-3-7-21(9-11)16(18)24/h2,5-6,8,10-11H,3-4,7,9H2,1H3,(H2,18,24)(H,19,22)(H,20,23)/t10-,11+/m0/s1. The number of benzene rings is 1. The van der Waals surface area contributed by atoms with E-state index in [0.717, 1.165) is 4.47 Å². The van der Waals surface area contributed by atoms with Gasteiger partial charge in [-0.15, -0.1) is 0 Å². The number of urea groups is 1. The van der Waals surface area contributed by atoms with E-state index in [1.54, 1.807) is 25.1 Å². The summed E-state index contributed by atoms with van der Waals surface area (Å²) in [6.07, 6.45) is 0.538. The molecule has 1 aliphatic rings. The smallest absolute Gasteiger partial charge is 0.314 e. The van der Waals surface area contributed by atoms with Crippen LogP contribution >= 0.6 is 15.9 Å². The van der Waals surface area contributed by atoms with Crippen LogP contribution in [0.1, 0.15) is 19.8 Å². The number of hydrogen-bond acceptors (Lipinski definition) is 4. The van der Waals surface area contributed by atoms with E-state index in [1.807, 2.05) is 6.07 Å². The highest BCUT2D eigenvalue weighted by atomic mass is 79.9. The maximum atomic E-state index is 12.1. The summed E-state index contributed by atoms with van der Waals surface area (Å²) in [5.41, 5.74) is 9.97. The van der Waals surface area contributed by atoms with Crippen LogP contribution < -0.4 is 21.3 Å². The lowest BCUT2D eigenvalue weighted by Gasteiger charge is -2.30. The number of nitrogens with two attached hydrogens (primary N) is 1. The van der Waals surface area contributed by atoms with Crippen molar-refractivity contribution in [2.75, 3.05) is 13.1 Å². The number of nitrogens with zero attached hydrogens (tertiary/aromatic N) is 1. The number of rotatable bonds is 4. The molecule has 2 rings (SSSR count). The Morgan fingerprint density at radius 1 is 1.36 bits per heavy atom. The number of nitrogens with one attached hydrogen (secondary N) is 2. The van der Waals surface area contributed by atoms with Gasteiger partial charge in [-0.25, -0.2) is 4.79 Å². The number of carbonyl (C=O) groups is 3. The molecule has 0 unspecified atom stereocenters. The predicted octanol–water partition coefficient (Wildman–Crippen LogP) is 1.15. The number of hydrazine groups is 1. The monoisotopic (exact) mass is 412 g/mol. The number of halogens is 1. The Morgan fingerprint density at radius 3 is 2.80 bits per heavy atom. The van der Waals surface area contributed by atoms with E-state index in [0.29, 0.717) is 25.1 Å². The average Bonchev–Trinajstić information content (AvgIpc) is 2.59. The molecular weight excluding hydrogens is 392 g/mol. The number of carbonyl (C=O) groups excluding carboxylic acids is 3. The minimum atomic E-state index is -0.789. The van der Waals surface area contributed by atoms with Gasteiger partial charge < -0.3 is 15.4 Å². The molecule has 0 radical (unpaired) electrons. The highest BCUT2D eigenvalue weighted by molar-refractivity contribution is 9.10. The summed E-state index contributed by atoms with van der Waals surface area (Å²) in [4.78, 5) is 36.8. The van der Waals surface area contributed by atoms with E-state index in [9.17, 15) is 14.4 Å². The van der Waals surface area contributed by atoms with Gasteiger partial charge in [0.05, 0.1) is 5.92 Å². The van der Waals surface area contributed by atoms with E-state index < -0.39 is 24.0 Å². The first-order valence-corrected chi connectivity index (χ1v) is 8.72. The second-order valence-corrected chi connectivity index (χ2v) is 6.74. The van der Waals surface area contributed by atoms with Crippen molar-refractivity contribution < 1.29 is 19.1 Å². The fourth-order valence-electron chi connectivity index (χ4n) is 2.52. The Hall–Kier alpha value is -2.29. The molecule has 1 saturated heterocycles. The normalized spacial score (nSPS) is 18.2. The molecule has 8 nitrogen and oxygen atoms in total. The average molecular weight is 413 g/mol. The molecule has 1 heterocycles.